The van der Waals surface area contributed by atoms with Crippen LogP contribution in [0.3, 0.4) is 0 Å². The molecule has 2 aliphatic rings. The molecule has 1 unspecified atom stereocenters. The monoisotopic (exact) mass is 318 g/mol. The minimum Gasteiger partial charge on any atom is -0.493 e. The zero-order chi connectivity index (χ0) is 16.4. The summed E-state index contributed by atoms with van der Waals surface area (Å²) in [6, 6.07) is 5.98. The summed E-state index contributed by atoms with van der Waals surface area (Å²) in [4.78, 5) is 11.2. The molecule has 126 valence electrons. The number of amides is 2. The van der Waals surface area contributed by atoms with Gasteiger partial charge >= 0.3 is 6.03 Å². The number of rotatable bonds is 4. The van der Waals surface area contributed by atoms with Gasteiger partial charge in [0.2, 0.25) is 0 Å². The number of ether oxygens (including phenoxy) is 2. The quantitative estimate of drug-likeness (QED) is 0.897. The molecule has 23 heavy (non-hydrogen) atoms. The third-order valence-electron chi connectivity index (χ3n) is 5.00. The van der Waals surface area contributed by atoms with Gasteiger partial charge in [-0.2, -0.15) is 0 Å². The fraction of sp³-hybridized carbons (Fsp3) is 0.611. The lowest BCUT2D eigenvalue weighted by Crippen LogP contribution is -2.47. The molecule has 2 fully saturated rings. The Morgan fingerprint density at radius 3 is 2.43 bits per heavy atom. The second-order valence-corrected chi connectivity index (χ2v) is 6.91. The summed E-state index contributed by atoms with van der Waals surface area (Å²) in [5, 5.41) is 5.69. The molecule has 0 bridgehead atoms. The van der Waals surface area contributed by atoms with Crippen LogP contribution in [-0.4, -0.2) is 32.3 Å². The topological polar surface area (TPSA) is 59.6 Å². The molecule has 2 amide bonds. The predicted octanol–water partition coefficient (Wildman–Crippen LogP) is 2.91. The molecule has 0 radical (unpaired) electrons. The molecule has 1 heterocycles. The van der Waals surface area contributed by atoms with Crippen LogP contribution >= 0.6 is 0 Å². The molecular weight excluding hydrogens is 292 g/mol. The van der Waals surface area contributed by atoms with Crippen molar-refractivity contribution >= 4 is 6.03 Å². The normalized spacial score (nSPS) is 28.1. The zero-order valence-electron chi connectivity index (χ0n) is 14.1. The smallest absolute Gasteiger partial charge is 0.314 e. The Kier molecular flexibility index (Phi) is 4.64. The minimum absolute atomic E-state index is 0.0972. The number of benzene rings is 1. The zero-order valence-corrected chi connectivity index (χ0v) is 14.1. The third kappa shape index (κ3) is 3.54. The van der Waals surface area contributed by atoms with E-state index in [1.54, 1.807) is 7.11 Å². The molecule has 1 aliphatic carbocycles. The maximum Gasteiger partial charge on any atom is 0.314 e. The average molecular weight is 318 g/mol. The Hall–Kier alpha value is -1.91. The van der Waals surface area contributed by atoms with E-state index in [4.69, 9.17) is 9.47 Å². The third-order valence-corrected chi connectivity index (χ3v) is 5.00. The summed E-state index contributed by atoms with van der Waals surface area (Å²) in [6.07, 6.45) is 2.55. The van der Waals surface area contributed by atoms with Crippen LogP contribution in [0.5, 0.6) is 11.5 Å². The molecule has 5 heteroatoms. The second-order valence-electron chi connectivity index (χ2n) is 6.91. The lowest BCUT2D eigenvalue weighted by Gasteiger charge is -2.25. The Bertz CT molecular complexity index is 565. The Morgan fingerprint density at radius 2 is 1.83 bits per heavy atom. The van der Waals surface area contributed by atoms with Gasteiger partial charge in [-0.1, -0.05) is 19.9 Å². The highest BCUT2D eigenvalue weighted by molar-refractivity contribution is 5.75. The van der Waals surface area contributed by atoms with Crippen molar-refractivity contribution in [3.05, 3.63) is 23.8 Å². The maximum absolute atomic E-state index is 11.2. The first-order valence-electron chi connectivity index (χ1n) is 8.43. The minimum atomic E-state index is -0.0972. The molecule has 1 aromatic rings. The SMILES string of the molecule is COc1ccc(C2CNC(=O)NC2)cc1O[C@H]1CC(C)C[C@H]1C. The molecule has 0 spiro atoms. The Balaban J connectivity index is 1.78. The van der Waals surface area contributed by atoms with Crippen LogP contribution in [0, 0.1) is 11.8 Å². The van der Waals surface area contributed by atoms with Gasteiger partial charge in [-0.3, -0.25) is 0 Å². The number of carbonyl (C=O) groups excluding carboxylic acids is 1. The van der Waals surface area contributed by atoms with E-state index in [1.165, 1.54) is 6.42 Å². The van der Waals surface area contributed by atoms with Crippen LogP contribution in [0.4, 0.5) is 4.79 Å². The molecule has 3 atom stereocenters. The highest BCUT2D eigenvalue weighted by Gasteiger charge is 2.31. The molecule has 5 nitrogen and oxygen atoms in total. The van der Waals surface area contributed by atoms with E-state index in [1.807, 2.05) is 6.07 Å². The Labute approximate surface area is 137 Å². The fourth-order valence-electron chi connectivity index (χ4n) is 3.68. The Morgan fingerprint density at radius 1 is 1.09 bits per heavy atom. The van der Waals surface area contributed by atoms with Crippen LogP contribution in [0.1, 0.15) is 38.2 Å². The highest BCUT2D eigenvalue weighted by Crippen LogP contribution is 2.38. The van der Waals surface area contributed by atoms with E-state index in [-0.39, 0.29) is 18.1 Å². The van der Waals surface area contributed by atoms with E-state index in [0.717, 1.165) is 23.5 Å². The van der Waals surface area contributed by atoms with Gasteiger partial charge in [-0.05, 0) is 42.4 Å². The molecule has 1 saturated heterocycles. The number of carbonyl (C=O) groups is 1. The van der Waals surface area contributed by atoms with Crippen molar-refractivity contribution in [2.24, 2.45) is 11.8 Å². The van der Waals surface area contributed by atoms with Gasteiger partial charge in [0.25, 0.3) is 0 Å². The van der Waals surface area contributed by atoms with Gasteiger partial charge < -0.3 is 20.1 Å². The first kappa shape index (κ1) is 16.0. The first-order chi connectivity index (χ1) is 11.1. The summed E-state index contributed by atoms with van der Waals surface area (Å²) in [5.74, 6) is 3.11. The predicted molar refractivity (Wildman–Crippen MR) is 89.1 cm³/mol. The molecule has 1 aromatic carbocycles. The average Bonchev–Trinajstić information content (AvgIpc) is 2.85. The van der Waals surface area contributed by atoms with Crippen LogP contribution in [-0.2, 0) is 0 Å². The molecule has 0 aromatic heterocycles. The molecular formula is C18H26N2O3. The van der Waals surface area contributed by atoms with Crippen molar-refractivity contribution in [3.63, 3.8) is 0 Å². The molecule has 1 aliphatic heterocycles. The number of nitrogens with one attached hydrogen (secondary N) is 2. The summed E-state index contributed by atoms with van der Waals surface area (Å²) < 4.78 is 11.8. The van der Waals surface area contributed by atoms with Crippen molar-refractivity contribution < 1.29 is 14.3 Å². The van der Waals surface area contributed by atoms with E-state index in [9.17, 15) is 4.79 Å². The van der Waals surface area contributed by atoms with Gasteiger partial charge in [0.15, 0.2) is 11.5 Å². The van der Waals surface area contributed by atoms with Crippen LogP contribution < -0.4 is 20.1 Å². The van der Waals surface area contributed by atoms with Crippen LogP contribution in [0.25, 0.3) is 0 Å². The van der Waals surface area contributed by atoms with Gasteiger partial charge in [0.1, 0.15) is 6.10 Å². The number of hydrogen-bond donors (Lipinski definition) is 2. The number of urea groups is 1. The van der Waals surface area contributed by atoms with Crippen LogP contribution in [0.2, 0.25) is 0 Å². The maximum atomic E-state index is 11.2. The van der Waals surface area contributed by atoms with E-state index in [0.29, 0.717) is 24.9 Å². The lowest BCUT2D eigenvalue weighted by molar-refractivity contribution is 0.159. The van der Waals surface area contributed by atoms with Crippen molar-refractivity contribution in [1.29, 1.82) is 0 Å². The van der Waals surface area contributed by atoms with E-state index < -0.39 is 0 Å². The van der Waals surface area contributed by atoms with Crippen molar-refractivity contribution in [2.45, 2.75) is 38.7 Å². The van der Waals surface area contributed by atoms with Gasteiger partial charge in [-0.25, -0.2) is 4.79 Å². The van der Waals surface area contributed by atoms with Crippen LogP contribution in [0.15, 0.2) is 18.2 Å². The van der Waals surface area contributed by atoms with Gasteiger partial charge in [0.05, 0.1) is 7.11 Å². The standard InChI is InChI=1S/C18H26N2O3/c1-11-6-12(2)16(7-11)23-17-8-13(4-5-15(17)22-3)14-9-19-18(21)20-10-14/h4-5,8,11-12,14,16H,6-7,9-10H2,1-3H3,(H2,19,20,21)/t11?,12-,16+/m1/s1. The van der Waals surface area contributed by atoms with Crippen molar-refractivity contribution in [3.8, 4) is 11.5 Å². The number of methoxy groups -OCH3 is 1. The molecule has 3 rings (SSSR count). The first-order valence-corrected chi connectivity index (χ1v) is 8.43. The molecule has 2 N–H and O–H groups in total. The van der Waals surface area contributed by atoms with E-state index in [2.05, 4.69) is 36.6 Å². The molecule has 1 saturated carbocycles. The van der Waals surface area contributed by atoms with Crippen molar-refractivity contribution in [1.82, 2.24) is 10.6 Å². The fourth-order valence-corrected chi connectivity index (χ4v) is 3.68. The summed E-state index contributed by atoms with van der Waals surface area (Å²) in [5.41, 5.74) is 1.16. The van der Waals surface area contributed by atoms with Crippen molar-refractivity contribution in [2.75, 3.05) is 20.2 Å². The summed E-state index contributed by atoms with van der Waals surface area (Å²) in [7, 11) is 1.67. The summed E-state index contributed by atoms with van der Waals surface area (Å²) >= 11 is 0. The number of hydrogen-bond acceptors (Lipinski definition) is 3. The largest absolute Gasteiger partial charge is 0.493 e. The van der Waals surface area contributed by atoms with Gasteiger partial charge in [0, 0.05) is 19.0 Å². The summed E-state index contributed by atoms with van der Waals surface area (Å²) in [6.45, 7) is 5.83. The van der Waals surface area contributed by atoms with E-state index >= 15 is 0 Å². The lowest BCUT2D eigenvalue weighted by atomic mass is 9.97. The van der Waals surface area contributed by atoms with Gasteiger partial charge in [-0.15, -0.1) is 0 Å². The highest BCUT2D eigenvalue weighted by atomic mass is 16.5. The second kappa shape index (κ2) is 6.69.